The number of nitrogens with zero attached hydrogens (tertiary/aromatic N) is 3. The second kappa shape index (κ2) is 5.31. The summed E-state index contributed by atoms with van der Waals surface area (Å²) in [6.45, 7) is 13.8. The van der Waals surface area contributed by atoms with Crippen molar-refractivity contribution in [3.05, 3.63) is 46.7 Å². The zero-order chi connectivity index (χ0) is 16.0. The summed E-state index contributed by atoms with van der Waals surface area (Å²) in [7, 11) is 2.02. The Morgan fingerprint density at radius 3 is 2.41 bits per heavy atom. The monoisotopic (exact) mass is 295 g/mol. The van der Waals surface area contributed by atoms with E-state index in [1.165, 1.54) is 33.6 Å². The molecule has 1 aromatic heterocycles. The minimum absolute atomic E-state index is 1.03. The van der Waals surface area contributed by atoms with E-state index in [1.807, 2.05) is 11.7 Å². The first-order valence-corrected chi connectivity index (χ1v) is 7.97. The molecule has 116 valence electrons. The average Bonchev–Trinajstić information content (AvgIpc) is 2.74. The first-order valence-electron chi connectivity index (χ1n) is 7.97. The lowest BCUT2D eigenvalue weighted by molar-refractivity contribution is 0.737. The molecule has 0 amide bonds. The maximum absolute atomic E-state index is 4.82. The van der Waals surface area contributed by atoms with Gasteiger partial charge in [0.05, 0.1) is 5.69 Å². The normalized spacial score (nSPS) is 14.1. The molecule has 3 nitrogen and oxygen atoms in total. The average molecular weight is 295 g/mol. The van der Waals surface area contributed by atoms with Crippen molar-refractivity contribution in [2.24, 2.45) is 7.05 Å². The molecule has 0 fully saturated rings. The van der Waals surface area contributed by atoms with E-state index in [0.717, 1.165) is 30.8 Å². The summed E-state index contributed by atoms with van der Waals surface area (Å²) in [5.74, 6) is 1.11. The number of anilines is 2. The summed E-state index contributed by atoms with van der Waals surface area (Å²) in [5.41, 5.74) is 8.93. The van der Waals surface area contributed by atoms with Gasteiger partial charge in [-0.2, -0.15) is 5.10 Å². The molecule has 0 saturated heterocycles. The molecule has 0 radical (unpaired) electrons. The van der Waals surface area contributed by atoms with Crippen LogP contribution in [0.25, 0.3) is 5.57 Å². The number of rotatable bonds is 2. The largest absolute Gasteiger partial charge is 0.324 e. The lowest BCUT2D eigenvalue weighted by atomic mass is 9.98. The van der Waals surface area contributed by atoms with Crippen LogP contribution in [0.3, 0.4) is 0 Å². The van der Waals surface area contributed by atoms with Gasteiger partial charge in [-0.15, -0.1) is 0 Å². The van der Waals surface area contributed by atoms with Crippen LogP contribution in [0.2, 0.25) is 0 Å². The van der Waals surface area contributed by atoms with Crippen molar-refractivity contribution in [3.8, 4) is 0 Å². The van der Waals surface area contributed by atoms with Crippen LogP contribution >= 0.6 is 0 Å². The summed E-state index contributed by atoms with van der Waals surface area (Å²) in [4.78, 5) is 2.40. The summed E-state index contributed by atoms with van der Waals surface area (Å²) < 4.78 is 1.99. The molecule has 0 bridgehead atoms. The summed E-state index contributed by atoms with van der Waals surface area (Å²) >= 11 is 0. The van der Waals surface area contributed by atoms with Crippen LogP contribution in [-0.4, -0.2) is 16.3 Å². The van der Waals surface area contributed by atoms with Crippen molar-refractivity contribution in [2.45, 2.75) is 40.5 Å². The number of fused-ring (bicyclic) bond motifs is 1. The molecule has 2 heterocycles. The van der Waals surface area contributed by atoms with Gasteiger partial charge in [0.1, 0.15) is 0 Å². The second-order valence-electron chi connectivity index (χ2n) is 6.56. The van der Waals surface area contributed by atoms with Gasteiger partial charge in [0.15, 0.2) is 5.82 Å². The molecule has 2 aromatic rings. The van der Waals surface area contributed by atoms with Crippen LogP contribution < -0.4 is 4.90 Å². The van der Waals surface area contributed by atoms with Crippen LogP contribution in [0.1, 0.15) is 41.3 Å². The SMILES string of the molecule is C=C(C)c1c2c(nn1C)N(c1c(C)cc(C)cc1C)CCC2. The van der Waals surface area contributed by atoms with Gasteiger partial charge in [-0.3, -0.25) is 4.68 Å². The molecule has 3 rings (SSSR count). The van der Waals surface area contributed by atoms with Crippen molar-refractivity contribution < 1.29 is 0 Å². The van der Waals surface area contributed by atoms with E-state index in [0.29, 0.717) is 0 Å². The van der Waals surface area contributed by atoms with Gasteiger partial charge in [0, 0.05) is 24.8 Å². The minimum atomic E-state index is 1.03. The fourth-order valence-electron chi connectivity index (χ4n) is 3.87. The molecule has 22 heavy (non-hydrogen) atoms. The first kappa shape index (κ1) is 14.9. The molecular weight excluding hydrogens is 270 g/mol. The van der Waals surface area contributed by atoms with E-state index < -0.39 is 0 Å². The fraction of sp³-hybridized carbons (Fsp3) is 0.421. The molecule has 1 aromatic carbocycles. The van der Waals surface area contributed by atoms with Crippen molar-refractivity contribution in [3.63, 3.8) is 0 Å². The van der Waals surface area contributed by atoms with Crippen LogP contribution in [0.4, 0.5) is 11.5 Å². The van der Waals surface area contributed by atoms with Gasteiger partial charge in [-0.1, -0.05) is 24.3 Å². The Kier molecular flexibility index (Phi) is 3.59. The lowest BCUT2D eigenvalue weighted by Crippen LogP contribution is -2.26. The predicted octanol–water partition coefficient (Wildman–Crippen LogP) is 4.46. The molecule has 1 aliphatic heterocycles. The number of hydrogen-bond acceptors (Lipinski definition) is 2. The van der Waals surface area contributed by atoms with E-state index in [-0.39, 0.29) is 0 Å². The van der Waals surface area contributed by atoms with E-state index in [2.05, 4.69) is 51.3 Å². The van der Waals surface area contributed by atoms with Crippen LogP contribution in [0.5, 0.6) is 0 Å². The minimum Gasteiger partial charge on any atom is -0.324 e. The van der Waals surface area contributed by atoms with E-state index in [1.54, 1.807) is 0 Å². The van der Waals surface area contributed by atoms with E-state index in [9.17, 15) is 0 Å². The zero-order valence-corrected chi connectivity index (χ0v) is 14.3. The molecule has 0 spiro atoms. The van der Waals surface area contributed by atoms with Gasteiger partial charge in [-0.25, -0.2) is 0 Å². The summed E-state index contributed by atoms with van der Waals surface area (Å²) in [5, 5.41) is 4.82. The van der Waals surface area contributed by atoms with E-state index >= 15 is 0 Å². The third-order valence-electron chi connectivity index (χ3n) is 4.50. The summed E-state index contributed by atoms with van der Waals surface area (Å²) in [6, 6.07) is 4.53. The summed E-state index contributed by atoms with van der Waals surface area (Å²) in [6.07, 6.45) is 2.25. The molecule has 0 saturated carbocycles. The van der Waals surface area contributed by atoms with E-state index in [4.69, 9.17) is 5.10 Å². The van der Waals surface area contributed by atoms with Gasteiger partial charge >= 0.3 is 0 Å². The third kappa shape index (κ3) is 2.25. The first-order chi connectivity index (χ1) is 10.4. The molecule has 0 atom stereocenters. The van der Waals surface area contributed by atoms with Gasteiger partial charge < -0.3 is 4.90 Å². The maximum Gasteiger partial charge on any atom is 0.158 e. The smallest absolute Gasteiger partial charge is 0.158 e. The third-order valence-corrected chi connectivity index (χ3v) is 4.50. The van der Waals surface area contributed by atoms with Gasteiger partial charge in [0.2, 0.25) is 0 Å². The Morgan fingerprint density at radius 1 is 1.18 bits per heavy atom. The van der Waals surface area contributed by atoms with Crippen LogP contribution in [-0.2, 0) is 13.5 Å². The van der Waals surface area contributed by atoms with Crippen molar-refractivity contribution >= 4 is 17.1 Å². The highest BCUT2D eigenvalue weighted by atomic mass is 15.4. The quantitative estimate of drug-likeness (QED) is 0.815. The number of hydrogen-bond donors (Lipinski definition) is 0. The Hall–Kier alpha value is -2.03. The zero-order valence-electron chi connectivity index (χ0n) is 14.3. The molecule has 3 heteroatoms. The Labute approximate surface area is 133 Å². The highest BCUT2D eigenvalue weighted by Gasteiger charge is 2.27. The van der Waals surface area contributed by atoms with Crippen molar-refractivity contribution in [2.75, 3.05) is 11.4 Å². The number of benzene rings is 1. The topological polar surface area (TPSA) is 21.1 Å². The number of aromatic nitrogens is 2. The Morgan fingerprint density at radius 2 is 1.82 bits per heavy atom. The Bertz CT molecular complexity index is 729. The predicted molar refractivity (Wildman–Crippen MR) is 93.9 cm³/mol. The number of aryl methyl sites for hydroxylation is 4. The standard InChI is InChI=1S/C19H25N3/c1-12(2)17-16-8-7-9-22(19(16)20-21(17)6)18-14(4)10-13(3)11-15(18)5/h10-11H,1,7-9H2,2-6H3. The highest BCUT2D eigenvalue weighted by Crippen LogP contribution is 2.39. The maximum atomic E-state index is 4.82. The van der Waals surface area contributed by atoms with Crippen LogP contribution in [0.15, 0.2) is 18.7 Å². The molecule has 1 aliphatic rings. The van der Waals surface area contributed by atoms with Crippen molar-refractivity contribution in [1.29, 1.82) is 0 Å². The molecule has 0 N–H and O–H groups in total. The fourth-order valence-corrected chi connectivity index (χ4v) is 3.87. The van der Waals surface area contributed by atoms with Crippen molar-refractivity contribution in [1.82, 2.24) is 9.78 Å². The Balaban J connectivity index is 2.18. The number of allylic oxidation sites excluding steroid dienone is 1. The lowest BCUT2D eigenvalue weighted by Gasteiger charge is -2.31. The van der Waals surface area contributed by atoms with Crippen LogP contribution in [0, 0.1) is 20.8 Å². The van der Waals surface area contributed by atoms with Gasteiger partial charge in [0.25, 0.3) is 0 Å². The highest BCUT2D eigenvalue weighted by molar-refractivity contribution is 5.75. The van der Waals surface area contributed by atoms with Gasteiger partial charge in [-0.05, 0) is 57.2 Å². The molecular formula is C19H25N3. The molecule has 0 unspecified atom stereocenters. The molecule has 0 aliphatic carbocycles. The second-order valence-corrected chi connectivity index (χ2v) is 6.56.